The summed E-state index contributed by atoms with van der Waals surface area (Å²) in [6.45, 7) is 3.95. The predicted octanol–water partition coefficient (Wildman–Crippen LogP) is 0.843. The van der Waals surface area contributed by atoms with Crippen LogP contribution in [0.15, 0.2) is 24.4 Å². The second kappa shape index (κ2) is 5.67. The molecule has 2 aromatic heterocycles. The number of rotatable bonds is 3. The highest BCUT2D eigenvalue weighted by atomic mass is 35.5. The van der Waals surface area contributed by atoms with Gasteiger partial charge in [-0.1, -0.05) is 16.7 Å². The largest absolute Gasteiger partial charge is 0.382 e. The highest BCUT2D eigenvalue weighted by Gasteiger charge is 2.21. The Morgan fingerprint density at radius 1 is 1.45 bits per heavy atom. The van der Waals surface area contributed by atoms with Gasteiger partial charge in [-0.3, -0.25) is 4.79 Å². The van der Waals surface area contributed by atoms with Crippen LogP contribution in [0.4, 0.5) is 5.69 Å². The Hall–Kier alpha value is -2.56. The zero-order valence-corrected chi connectivity index (χ0v) is 12.8. The summed E-state index contributed by atoms with van der Waals surface area (Å²) in [4.78, 5) is 16.8. The van der Waals surface area contributed by atoms with Crippen LogP contribution in [0, 0.1) is 0 Å². The zero-order valence-electron chi connectivity index (χ0n) is 12.0. The maximum atomic E-state index is 12.8. The van der Waals surface area contributed by atoms with Crippen LogP contribution in [0.5, 0.6) is 0 Å². The van der Waals surface area contributed by atoms with Gasteiger partial charge in [-0.05, 0) is 25.1 Å². The van der Waals surface area contributed by atoms with Gasteiger partial charge in [0, 0.05) is 12.2 Å². The van der Waals surface area contributed by atoms with Crippen LogP contribution in [0.3, 0.4) is 0 Å². The molecule has 0 bridgehead atoms. The fourth-order valence-corrected chi connectivity index (χ4v) is 2.26. The molecule has 1 aliphatic rings. The standard InChI is InChI=1S/C15H12ClN5O/c1-9(2)18-12-7-14(16)17-8-10(12)15(22)21-13-6-4-3-5-11(13)19-20-21/h3-4,6-9H,1-2H3/p+1. The first-order valence-electron chi connectivity index (χ1n) is 6.75. The molecule has 0 saturated heterocycles. The van der Waals surface area contributed by atoms with Gasteiger partial charge in [0.15, 0.2) is 0 Å². The molecule has 2 heterocycles. The summed E-state index contributed by atoms with van der Waals surface area (Å²) in [6.07, 6.45) is 9.65. The summed E-state index contributed by atoms with van der Waals surface area (Å²) in [5, 5.41) is 12.5. The van der Waals surface area contributed by atoms with Crippen molar-refractivity contribution in [1.82, 2.24) is 20.0 Å². The molecule has 1 N–H and O–H groups in total. The van der Waals surface area contributed by atoms with Gasteiger partial charge in [-0.15, -0.1) is 4.68 Å². The van der Waals surface area contributed by atoms with Crippen molar-refractivity contribution in [3.05, 3.63) is 45.8 Å². The number of pyridine rings is 1. The van der Waals surface area contributed by atoms with E-state index in [-0.39, 0.29) is 11.9 Å². The van der Waals surface area contributed by atoms with Crippen molar-refractivity contribution in [2.45, 2.75) is 19.9 Å². The minimum atomic E-state index is -0.325. The number of nitrogens with one attached hydrogen (secondary N) is 1. The smallest absolute Gasteiger partial charge is 0.296 e. The van der Waals surface area contributed by atoms with Crippen molar-refractivity contribution in [3.63, 3.8) is 0 Å². The maximum Gasteiger partial charge on any atom is 0.296 e. The van der Waals surface area contributed by atoms with E-state index in [1.54, 1.807) is 24.3 Å². The van der Waals surface area contributed by atoms with Crippen molar-refractivity contribution in [2.75, 3.05) is 5.32 Å². The lowest BCUT2D eigenvalue weighted by Crippen LogP contribution is -2.35. The van der Waals surface area contributed by atoms with E-state index >= 15 is 0 Å². The molecule has 22 heavy (non-hydrogen) atoms. The van der Waals surface area contributed by atoms with Gasteiger partial charge in [-0.2, -0.15) is 0 Å². The van der Waals surface area contributed by atoms with Crippen LogP contribution in [0.1, 0.15) is 24.2 Å². The molecule has 0 fully saturated rings. The maximum absolute atomic E-state index is 12.8. The molecule has 6 nitrogen and oxygen atoms in total. The molecule has 1 aliphatic carbocycles. The molecule has 0 atom stereocenters. The molecule has 0 amide bonds. The Labute approximate surface area is 131 Å². The summed E-state index contributed by atoms with van der Waals surface area (Å²) in [7, 11) is 0. The van der Waals surface area contributed by atoms with Crippen LogP contribution in [-0.4, -0.2) is 31.9 Å². The molecule has 3 rings (SSSR count). The highest BCUT2D eigenvalue weighted by Crippen LogP contribution is 2.20. The minimum absolute atomic E-state index is 0.144. The van der Waals surface area contributed by atoms with Crippen molar-refractivity contribution in [2.24, 2.45) is 0 Å². The van der Waals surface area contributed by atoms with Crippen LogP contribution in [0.25, 0.3) is 12.2 Å². The van der Waals surface area contributed by atoms with Gasteiger partial charge < -0.3 is 5.32 Å². The molecular weight excluding hydrogens is 302 g/mol. The Morgan fingerprint density at radius 2 is 2.27 bits per heavy atom. The molecule has 0 aromatic carbocycles. The van der Waals surface area contributed by atoms with E-state index in [0.29, 0.717) is 27.1 Å². The number of nitrogens with zero attached hydrogens (tertiary/aromatic N) is 4. The van der Waals surface area contributed by atoms with E-state index in [1.165, 1.54) is 10.9 Å². The molecule has 0 unspecified atom stereocenters. The third-order valence-corrected chi connectivity index (χ3v) is 3.22. The number of allylic oxidation sites excluding steroid dienone is 2. The number of halogens is 1. The topological polar surface area (TPSA) is 72.7 Å². The SMILES string of the molecule is CC(C)Nc1cc(Cl)ncc1C(=O)n1nnc2c1=CC=C[C+]=2. The van der Waals surface area contributed by atoms with E-state index in [0.717, 1.165) is 0 Å². The van der Waals surface area contributed by atoms with Crippen molar-refractivity contribution in [3.8, 4) is 0 Å². The van der Waals surface area contributed by atoms with Crippen LogP contribution in [0.2, 0.25) is 5.15 Å². The van der Waals surface area contributed by atoms with Crippen LogP contribution >= 0.6 is 11.6 Å². The van der Waals surface area contributed by atoms with Crippen molar-refractivity contribution in [1.29, 1.82) is 0 Å². The van der Waals surface area contributed by atoms with Gasteiger partial charge in [0.05, 0.1) is 29.5 Å². The lowest BCUT2D eigenvalue weighted by Gasteiger charge is -2.13. The molecule has 0 aliphatic heterocycles. The fourth-order valence-electron chi connectivity index (χ4n) is 2.10. The Kier molecular flexibility index (Phi) is 3.71. The molecule has 0 radical (unpaired) electrons. The number of anilines is 1. The van der Waals surface area contributed by atoms with Crippen molar-refractivity contribution < 1.29 is 4.79 Å². The van der Waals surface area contributed by atoms with E-state index in [2.05, 4.69) is 26.7 Å². The monoisotopic (exact) mass is 314 g/mol. The average molecular weight is 315 g/mol. The fraction of sp³-hybridized carbons (Fsp3) is 0.200. The van der Waals surface area contributed by atoms with E-state index in [1.807, 2.05) is 13.8 Å². The predicted molar refractivity (Wildman–Crippen MR) is 84.0 cm³/mol. The number of carbonyl (C=O) groups is 1. The number of fused-ring (bicyclic) bond motifs is 1. The van der Waals surface area contributed by atoms with Gasteiger partial charge in [0.2, 0.25) is 5.35 Å². The Bertz CT molecular complexity index is 882. The summed E-state index contributed by atoms with van der Waals surface area (Å²) in [6, 6.07) is 1.77. The van der Waals surface area contributed by atoms with E-state index in [9.17, 15) is 4.79 Å². The summed E-state index contributed by atoms with van der Waals surface area (Å²) in [5.41, 5.74) is 0.998. The van der Waals surface area contributed by atoms with Gasteiger partial charge in [0.1, 0.15) is 11.2 Å². The molecule has 110 valence electrons. The third kappa shape index (κ3) is 2.62. The first kappa shape index (κ1) is 14.4. The lowest BCUT2D eigenvalue weighted by molar-refractivity contribution is 0.0940. The van der Waals surface area contributed by atoms with Gasteiger partial charge in [-0.25, -0.2) is 4.98 Å². The second-order valence-corrected chi connectivity index (χ2v) is 5.45. The number of aromatic nitrogens is 4. The quantitative estimate of drug-likeness (QED) is 0.671. The molecular formula is C15H13ClN5O+. The molecule has 7 heteroatoms. The molecule has 0 spiro atoms. The summed E-state index contributed by atoms with van der Waals surface area (Å²) >= 11 is 5.92. The zero-order chi connectivity index (χ0) is 15.7. The third-order valence-electron chi connectivity index (χ3n) is 3.01. The normalized spacial score (nSPS) is 12.2. The first-order chi connectivity index (χ1) is 10.6. The van der Waals surface area contributed by atoms with Crippen molar-refractivity contribution >= 4 is 35.3 Å². The number of hydrogen-bond donors (Lipinski definition) is 1. The average Bonchev–Trinajstić information content (AvgIpc) is 2.90. The number of carbonyl (C=O) groups excluding carboxylic acids is 1. The van der Waals surface area contributed by atoms with E-state index < -0.39 is 0 Å². The van der Waals surface area contributed by atoms with Gasteiger partial charge >= 0.3 is 0 Å². The Morgan fingerprint density at radius 3 is 3.05 bits per heavy atom. The van der Waals surface area contributed by atoms with Gasteiger partial charge in [0.25, 0.3) is 11.3 Å². The van der Waals surface area contributed by atoms with Crippen LogP contribution in [-0.2, 0) is 0 Å². The summed E-state index contributed by atoms with van der Waals surface area (Å²) in [5.74, 6) is -0.325. The molecule has 0 saturated carbocycles. The Balaban J connectivity index is 2.09. The number of hydrogen-bond acceptors (Lipinski definition) is 5. The van der Waals surface area contributed by atoms with Crippen LogP contribution < -0.4 is 16.0 Å². The minimum Gasteiger partial charge on any atom is -0.382 e. The van der Waals surface area contributed by atoms with E-state index in [4.69, 9.17) is 11.6 Å². The molecule has 2 aromatic rings. The summed E-state index contributed by atoms with van der Waals surface area (Å²) < 4.78 is 1.24. The highest BCUT2D eigenvalue weighted by molar-refractivity contribution is 6.29. The second-order valence-electron chi connectivity index (χ2n) is 5.06. The first-order valence-corrected chi connectivity index (χ1v) is 7.13. The lowest BCUT2D eigenvalue weighted by atomic mass is 10.2.